The summed E-state index contributed by atoms with van der Waals surface area (Å²) in [6, 6.07) is 22.0. The van der Waals surface area contributed by atoms with Gasteiger partial charge in [-0.05, 0) is 48.0 Å². The lowest BCUT2D eigenvalue weighted by molar-refractivity contribution is 0.404. The monoisotopic (exact) mass is 449 g/mol. The molecule has 7 heteroatoms. The molecule has 1 heterocycles. The molecule has 0 unspecified atom stereocenters. The van der Waals surface area contributed by atoms with Crippen LogP contribution >= 0.6 is 0 Å². The van der Waals surface area contributed by atoms with Crippen molar-refractivity contribution in [2.24, 2.45) is 0 Å². The molecular formula is C25H23NO5S. The van der Waals surface area contributed by atoms with Crippen LogP contribution in [0.5, 0.6) is 11.5 Å². The number of sulfone groups is 1. The minimum Gasteiger partial charge on any atom is -0.497 e. The summed E-state index contributed by atoms with van der Waals surface area (Å²) in [5, 5.41) is 0. The summed E-state index contributed by atoms with van der Waals surface area (Å²) in [5.41, 5.74) is 3.09. The average molecular weight is 450 g/mol. The number of oxazole rings is 1. The second kappa shape index (κ2) is 8.88. The van der Waals surface area contributed by atoms with Crippen molar-refractivity contribution in [1.82, 2.24) is 4.98 Å². The predicted octanol–water partition coefficient (Wildman–Crippen LogP) is 5.02. The Morgan fingerprint density at radius 2 is 1.62 bits per heavy atom. The number of aromatic nitrogens is 1. The smallest absolute Gasteiger partial charge is 0.199 e. The molecule has 0 N–H and O–H groups in total. The van der Waals surface area contributed by atoms with Crippen molar-refractivity contribution in [2.45, 2.75) is 11.3 Å². The van der Waals surface area contributed by atoms with E-state index in [1.165, 1.54) is 6.26 Å². The second-order valence-corrected chi connectivity index (χ2v) is 9.33. The Morgan fingerprint density at radius 3 is 2.25 bits per heavy atom. The molecule has 0 fully saturated rings. The van der Waals surface area contributed by atoms with E-state index in [4.69, 9.17) is 18.9 Å². The number of ether oxygens (including phenoxy) is 2. The molecule has 0 amide bonds. The third-order valence-electron chi connectivity index (χ3n) is 5.08. The van der Waals surface area contributed by atoms with E-state index in [2.05, 4.69) is 0 Å². The van der Waals surface area contributed by atoms with E-state index in [9.17, 15) is 8.42 Å². The van der Waals surface area contributed by atoms with Crippen LogP contribution in [0.1, 0.15) is 11.5 Å². The maximum Gasteiger partial charge on any atom is 0.199 e. The molecular weight excluding hydrogens is 426 g/mol. The topological polar surface area (TPSA) is 78.6 Å². The Balaban J connectivity index is 1.86. The van der Waals surface area contributed by atoms with Gasteiger partial charge in [-0.3, -0.25) is 0 Å². The van der Waals surface area contributed by atoms with E-state index >= 15 is 0 Å². The molecule has 1 aromatic heterocycles. The van der Waals surface area contributed by atoms with Gasteiger partial charge in [0.2, 0.25) is 0 Å². The summed E-state index contributed by atoms with van der Waals surface area (Å²) in [6.45, 7) is 0. The Bertz CT molecular complexity index is 1330. The molecule has 0 saturated heterocycles. The fourth-order valence-corrected chi connectivity index (χ4v) is 4.07. The lowest BCUT2D eigenvalue weighted by Crippen LogP contribution is -1.96. The van der Waals surface area contributed by atoms with Crippen LogP contribution < -0.4 is 9.47 Å². The van der Waals surface area contributed by atoms with E-state index in [1.54, 1.807) is 38.5 Å². The van der Waals surface area contributed by atoms with E-state index in [0.717, 1.165) is 11.1 Å². The number of nitrogens with zero attached hydrogens (tertiary/aromatic N) is 1. The summed E-state index contributed by atoms with van der Waals surface area (Å²) >= 11 is 0. The van der Waals surface area contributed by atoms with Crippen LogP contribution in [0.15, 0.2) is 82.1 Å². The SMILES string of the molecule is COc1ccc(OC)c(-c2nc(Cc3ccccc3)oc2-c2ccc(S(C)(=O)=O)cc2)c1. The second-order valence-electron chi connectivity index (χ2n) is 7.31. The quantitative estimate of drug-likeness (QED) is 0.394. The first kappa shape index (κ1) is 21.6. The lowest BCUT2D eigenvalue weighted by atomic mass is 10.0. The van der Waals surface area contributed by atoms with Gasteiger partial charge in [-0.15, -0.1) is 0 Å². The first-order valence-corrected chi connectivity index (χ1v) is 11.8. The number of hydrogen-bond donors (Lipinski definition) is 0. The van der Waals surface area contributed by atoms with Crippen LogP contribution in [0.4, 0.5) is 0 Å². The molecule has 4 aromatic rings. The van der Waals surface area contributed by atoms with Gasteiger partial charge < -0.3 is 13.9 Å². The number of rotatable bonds is 7. The van der Waals surface area contributed by atoms with Gasteiger partial charge in [0, 0.05) is 23.8 Å². The minimum atomic E-state index is -3.30. The average Bonchev–Trinajstić information content (AvgIpc) is 3.22. The van der Waals surface area contributed by atoms with Crippen LogP contribution in [0, 0.1) is 0 Å². The maximum atomic E-state index is 11.9. The molecule has 0 bridgehead atoms. The summed E-state index contributed by atoms with van der Waals surface area (Å²) in [6.07, 6.45) is 1.70. The molecule has 32 heavy (non-hydrogen) atoms. The molecule has 164 valence electrons. The highest BCUT2D eigenvalue weighted by atomic mass is 32.2. The number of benzene rings is 3. The van der Waals surface area contributed by atoms with E-state index < -0.39 is 9.84 Å². The Hall–Kier alpha value is -3.58. The fourth-order valence-electron chi connectivity index (χ4n) is 3.44. The van der Waals surface area contributed by atoms with Crippen molar-refractivity contribution in [3.05, 3.63) is 84.3 Å². The van der Waals surface area contributed by atoms with Gasteiger partial charge >= 0.3 is 0 Å². The highest BCUT2D eigenvalue weighted by Gasteiger charge is 2.21. The Kier molecular flexibility index (Phi) is 6.01. The van der Waals surface area contributed by atoms with Gasteiger partial charge in [0.15, 0.2) is 21.5 Å². The lowest BCUT2D eigenvalue weighted by Gasteiger charge is -2.10. The van der Waals surface area contributed by atoms with Crippen LogP contribution in [-0.2, 0) is 16.3 Å². The predicted molar refractivity (Wildman–Crippen MR) is 123 cm³/mol. The molecule has 4 rings (SSSR count). The van der Waals surface area contributed by atoms with Crippen molar-refractivity contribution >= 4 is 9.84 Å². The van der Waals surface area contributed by atoms with E-state index in [-0.39, 0.29) is 4.90 Å². The third kappa shape index (κ3) is 4.53. The first-order chi connectivity index (χ1) is 15.4. The molecule has 6 nitrogen and oxygen atoms in total. The van der Waals surface area contributed by atoms with Gasteiger partial charge in [0.05, 0.1) is 19.1 Å². The summed E-state index contributed by atoms with van der Waals surface area (Å²) in [5.74, 6) is 2.35. The molecule has 0 aliphatic heterocycles. The van der Waals surface area contributed by atoms with Gasteiger partial charge in [-0.2, -0.15) is 0 Å². The number of hydrogen-bond acceptors (Lipinski definition) is 6. The first-order valence-electron chi connectivity index (χ1n) is 9.95. The zero-order chi connectivity index (χ0) is 22.7. The summed E-state index contributed by atoms with van der Waals surface area (Å²) in [7, 11) is -0.111. The normalized spacial score (nSPS) is 11.3. The molecule has 3 aromatic carbocycles. The van der Waals surface area contributed by atoms with Crippen molar-refractivity contribution in [3.8, 4) is 34.1 Å². The van der Waals surface area contributed by atoms with Crippen LogP contribution in [-0.4, -0.2) is 33.9 Å². The van der Waals surface area contributed by atoms with Crippen LogP contribution in [0.2, 0.25) is 0 Å². The van der Waals surface area contributed by atoms with Crippen LogP contribution in [0.3, 0.4) is 0 Å². The fraction of sp³-hybridized carbons (Fsp3) is 0.160. The van der Waals surface area contributed by atoms with Crippen molar-refractivity contribution < 1.29 is 22.3 Å². The van der Waals surface area contributed by atoms with Gasteiger partial charge in [-0.1, -0.05) is 30.3 Å². The minimum absolute atomic E-state index is 0.241. The number of methoxy groups -OCH3 is 2. The van der Waals surface area contributed by atoms with Crippen molar-refractivity contribution in [1.29, 1.82) is 0 Å². The zero-order valence-electron chi connectivity index (χ0n) is 18.0. The van der Waals surface area contributed by atoms with E-state index in [0.29, 0.717) is 40.8 Å². The zero-order valence-corrected chi connectivity index (χ0v) is 18.8. The third-order valence-corrected chi connectivity index (χ3v) is 6.20. The summed E-state index contributed by atoms with van der Waals surface area (Å²) in [4.78, 5) is 5.03. The molecule has 0 saturated carbocycles. The summed E-state index contributed by atoms with van der Waals surface area (Å²) < 4.78 is 40.9. The standard InChI is InChI=1S/C25H23NO5S/c1-29-19-11-14-22(30-2)21(16-19)24-25(18-9-12-20(13-10-18)32(3,27)28)31-23(26-24)15-17-7-5-4-6-8-17/h4-14,16H,15H2,1-3H3. The molecule has 0 spiro atoms. The molecule has 0 radical (unpaired) electrons. The van der Waals surface area contributed by atoms with E-state index in [1.807, 2.05) is 48.5 Å². The highest BCUT2D eigenvalue weighted by molar-refractivity contribution is 7.90. The molecule has 0 aliphatic rings. The Morgan fingerprint density at radius 1 is 0.906 bits per heavy atom. The van der Waals surface area contributed by atoms with Gasteiger partial charge in [0.1, 0.15) is 17.2 Å². The molecule has 0 aliphatic carbocycles. The Labute approximate surface area is 187 Å². The van der Waals surface area contributed by atoms with Crippen molar-refractivity contribution in [2.75, 3.05) is 20.5 Å². The largest absolute Gasteiger partial charge is 0.497 e. The van der Waals surface area contributed by atoms with Gasteiger partial charge in [-0.25, -0.2) is 13.4 Å². The highest BCUT2D eigenvalue weighted by Crippen LogP contribution is 2.40. The van der Waals surface area contributed by atoms with Gasteiger partial charge in [0.25, 0.3) is 0 Å². The van der Waals surface area contributed by atoms with Crippen LogP contribution in [0.25, 0.3) is 22.6 Å². The maximum absolute atomic E-state index is 11.9. The van der Waals surface area contributed by atoms with Crippen molar-refractivity contribution in [3.63, 3.8) is 0 Å². The molecule has 0 atom stereocenters.